The average molecular weight is 458 g/mol. The van der Waals surface area contributed by atoms with Crippen LogP contribution in [0.4, 0.5) is 0 Å². The Morgan fingerprint density at radius 3 is 2.53 bits per heavy atom. The highest BCUT2D eigenvalue weighted by Crippen LogP contribution is 2.49. The van der Waals surface area contributed by atoms with Gasteiger partial charge in [-0.15, -0.1) is 0 Å². The number of rotatable bonds is 3. The summed E-state index contributed by atoms with van der Waals surface area (Å²) in [7, 11) is 3.91. The normalized spacial score (nSPS) is 19.8. The number of hydrogen-bond acceptors (Lipinski definition) is 3. The van der Waals surface area contributed by atoms with E-state index in [0.29, 0.717) is 19.1 Å². The van der Waals surface area contributed by atoms with Crippen LogP contribution in [0.15, 0.2) is 48.5 Å². The van der Waals surface area contributed by atoms with Crippen molar-refractivity contribution in [3.63, 3.8) is 0 Å². The van der Waals surface area contributed by atoms with E-state index in [2.05, 4.69) is 53.1 Å². The van der Waals surface area contributed by atoms with Gasteiger partial charge in [0.15, 0.2) is 0 Å². The molecule has 0 radical (unpaired) electrons. The van der Waals surface area contributed by atoms with Crippen molar-refractivity contribution < 1.29 is 9.53 Å². The molecule has 1 saturated carbocycles. The Morgan fingerprint density at radius 1 is 1.00 bits per heavy atom. The van der Waals surface area contributed by atoms with Crippen molar-refractivity contribution >= 4 is 16.8 Å². The molecule has 1 saturated heterocycles. The molecule has 0 bridgehead atoms. The van der Waals surface area contributed by atoms with Gasteiger partial charge in [-0.2, -0.15) is 0 Å². The van der Waals surface area contributed by atoms with E-state index in [1.54, 1.807) is 0 Å². The van der Waals surface area contributed by atoms with Crippen LogP contribution in [-0.4, -0.2) is 60.6 Å². The summed E-state index contributed by atoms with van der Waals surface area (Å²) < 4.78 is 9.11. The van der Waals surface area contributed by atoms with Gasteiger partial charge in [-0.25, -0.2) is 0 Å². The van der Waals surface area contributed by atoms with Crippen LogP contribution in [-0.2, 0) is 11.3 Å². The lowest BCUT2D eigenvalue weighted by molar-refractivity contribution is -0.147. The maximum absolute atomic E-state index is 12.7. The Kier molecular flexibility index (Phi) is 5.40. The first kappa shape index (κ1) is 21.7. The first-order valence-corrected chi connectivity index (χ1v) is 12.8. The number of fused-ring (bicyclic) bond motifs is 5. The van der Waals surface area contributed by atoms with E-state index in [1.807, 2.05) is 23.9 Å². The first-order chi connectivity index (χ1) is 16.5. The van der Waals surface area contributed by atoms with Gasteiger partial charge in [0.2, 0.25) is 5.91 Å². The predicted molar refractivity (Wildman–Crippen MR) is 136 cm³/mol. The van der Waals surface area contributed by atoms with Gasteiger partial charge < -0.3 is 19.1 Å². The Hall–Kier alpha value is -2.79. The van der Waals surface area contributed by atoms with Gasteiger partial charge in [-0.1, -0.05) is 49.6 Å². The molecule has 0 N–H and O–H groups in total. The van der Waals surface area contributed by atoms with Gasteiger partial charge in [0.25, 0.3) is 0 Å². The van der Waals surface area contributed by atoms with Crippen LogP contribution in [0, 0.1) is 5.41 Å². The van der Waals surface area contributed by atoms with E-state index in [-0.39, 0.29) is 11.3 Å². The summed E-state index contributed by atoms with van der Waals surface area (Å²) in [6, 6.07) is 17.5. The molecular formula is C29H35N3O2. The monoisotopic (exact) mass is 457 g/mol. The molecule has 1 aromatic heterocycles. The van der Waals surface area contributed by atoms with E-state index >= 15 is 0 Å². The second-order valence-corrected chi connectivity index (χ2v) is 11.0. The summed E-state index contributed by atoms with van der Waals surface area (Å²) in [5, 5.41) is 1.40. The molecule has 5 heteroatoms. The number of ether oxygens (including phenoxy) is 1. The number of nitrogens with zero attached hydrogens (tertiary/aromatic N) is 3. The fraction of sp³-hybridized carbons (Fsp3) is 0.483. The Labute approximate surface area is 202 Å². The minimum atomic E-state index is -0.0596. The Balaban J connectivity index is 1.47. The van der Waals surface area contributed by atoms with Gasteiger partial charge in [0.05, 0.1) is 24.3 Å². The standard InChI is InChI=1S/C29H35N3O2/c1-30(2)16-26(33)31-17-29(18-31)19-32-24-14-8-6-12-22(24)27(21-10-4-3-5-11-21)28(32)23-13-7-9-15-25(23)34-20-29/h6-9,12-15,21H,3-5,10-11,16-20H2,1-2H3. The highest BCUT2D eigenvalue weighted by atomic mass is 16.5. The van der Waals surface area contributed by atoms with Crippen molar-refractivity contribution in [3.05, 3.63) is 54.1 Å². The predicted octanol–water partition coefficient (Wildman–Crippen LogP) is 5.14. The Morgan fingerprint density at radius 2 is 1.74 bits per heavy atom. The van der Waals surface area contributed by atoms with Crippen LogP contribution in [0.2, 0.25) is 0 Å². The molecule has 2 fully saturated rings. The third-order valence-electron chi connectivity index (χ3n) is 8.05. The van der Waals surface area contributed by atoms with Crippen LogP contribution in [0.3, 0.4) is 0 Å². The van der Waals surface area contributed by atoms with E-state index in [4.69, 9.17) is 4.74 Å². The number of benzene rings is 2. The number of para-hydroxylation sites is 2. The molecule has 1 amide bonds. The molecule has 5 nitrogen and oxygen atoms in total. The van der Waals surface area contributed by atoms with Crippen LogP contribution < -0.4 is 4.74 Å². The van der Waals surface area contributed by atoms with E-state index in [9.17, 15) is 4.79 Å². The summed E-state index contributed by atoms with van der Waals surface area (Å²) >= 11 is 0. The fourth-order valence-electron chi connectivity index (χ4n) is 6.49. The average Bonchev–Trinajstić information content (AvgIpc) is 3.12. The van der Waals surface area contributed by atoms with Gasteiger partial charge in [-0.3, -0.25) is 4.79 Å². The molecule has 6 rings (SSSR count). The molecule has 34 heavy (non-hydrogen) atoms. The van der Waals surface area contributed by atoms with E-state index in [1.165, 1.54) is 59.8 Å². The number of aromatic nitrogens is 1. The SMILES string of the molecule is CN(C)CC(=O)N1CC2(COc3ccccc3-c3c(C4CCCCC4)c4ccccc4n3C2)C1. The van der Waals surface area contributed by atoms with Crippen molar-refractivity contribution in [1.29, 1.82) is 0 Å². The van der Waals surface area contributed by atoms with Crippen molar-refractivity contribution in [1.82, 2.24) is 14.4 Å². The highest BCUT2D eigenvalue weighted by molar-refractivity contribution is 5.94. The summed E-state index contributed by atoms with van der Waals surface area (Å²) in [4.78, 5) is 16.7. The van der Waals surface area contributed by atoms with Crippen molar-refractivity contribution in [2.24, 2.45) is 5.41 Å². The highest BCUT2D eigenvalue weighted by Gasteiger charge is 2.48. The van der Waals surface area contributed by atoms with Gasteiger partial charge >= 0.3 is 0 Å². The minimum absolute atomic E-state index is 0.0596. The fourth-order valence-corrected chi connectivity index (χ4v) is 6.49. The number of carbonyl (C=O) groups is 1. The molecule has 0 unspecified atom stereocenters. The zero-order valence-electron chi connectivity index (χ0n) is 20.4. The molecule has 3 aliphatic rings. The molecule has 0 atom stereocenters. The second kappa shape index (κ2) is 8.46. The molecule has 178 valence electrons. The second-order valence-electron chi connectivity index (χ2n) is 11.0. The largest absolute Gasteiger partial charge is 0.492 e. The minimum Gasteiger partial charge on any atom is -0.492 e. The summed E-state index contributed by atoms with van der Waals surface area (Å²) in [5.41, 5.74) is 5.35. The number of likely N-dealkylation sites (tertiary alicyclic amines) is 1. The summed E-state index contributed by atoms with van der Waals surface area (Å²) in [5.74, 6) is 1.78. The summed E-state index contributed by atoms with van der Waals surface area (Å²) in [6.45, 7) is 3.50. The van der Waals surface area contributed by atoms with Crippen molar-refractivity contribution in [3.8, 4) is 17.0 Å². The summed E-state index contributed by atoms with van der Waals surface area (Å²) in [6.07, 6.45) is 6.51. The molecule has 1 spiro atoms. The zero-order chi connectivity index (χ0) is 23.3. The third-order valence-corrected chi connectivity index (χ3v) is 8.05. The molecule has 2 aliphatic heterocycles. The van der Waals surface area contributed by atoms with Gasteiger partial charge in [0, 0.05) is 36.1 Å². The number of carbonyl (C=O) groups excluding carboxylic acids is 1. The number of likely N-dealkylation sites (N-methyl/N-ethyl adjacent to an activating group) is 1. The lowest BCUT2D eigenvalue weighted by Crippen LogP contribution is -2.63. The topological polar surface area (TPSA) is 37.7 Å². The van der Waals surface area contributed by atoms with Crippen LogP contribution in [0.5, 0.6) is 5.75 Å². The lowest BCUT2D eigenvalue weighted by Gasteiger charge is -2.51. The smallest absolute Gasteiger partial charge is 0.236 e. The van der Waals surface area contributed by atoms with Crippen LogP contribution in [0.1, 0.15) is 43.6 Å². The first-order valence-electron chi connectivity index (χ1n) is 12.8. The van der Waals surface area contributed by atoms with E-state index in [0.717, 1.165) is 25.4 Å². The number of amides is 1. The zero-order valence-corrected chi connectivity index (χ0v) is 20.4. The van der Waals surface area contributed by atoms with Crippen molar-refractivity contribution in [2.45, 2.75) is 44.6 Å². The molecule has 3 aromatic rings. The lowest BCUT2D eigenvalue weighted by atomic mass is 9.79. The number of hydrogen-bond donors (Lipinski definition) is 0. The molecule has 3 heterocycles. The van der Waals surface area contributed by atoms with Crippen molar-refractivity contribution in [2.75, 3.05) is 40.3 Å². The molecule has 1 aliphatic carbocycles. The Bertz CT molecular complexity index is 1220. The molecular weight excluding hydrogens is 422 g/mol. The molecule has 2 aromatic carbocycles. The maximum atomic E-state index is 12.7. The van der Waals surface area contributed by atoms with E-state index < -0.39 is 0 Å². The third kappa shape index (κ3) is 3.61. The van der Waals surface area contributed by atoms with Crippen LogP contribution >= 0.6 is 0 Å². The quantitative estimate of drug-likeness (QED) is 0.547. The van der Waals surface area contributed by atoms with Gasteiger partial charge in [-0.05, 0) is 56.6 Å². The van der Waals surface area contributed by atoms with Crippen LogP contribution in [0.25, 0.3) is 22.2 Å². The maximum Gasteiger partial charge on any atom is 0.236 e. The van der Waals surface area contributed by atoms with Gasteiger partial charge in [0.1, 0.15) is 5.75 Å².